The van der Waals surface area contributed by atoms with Crippen LogP contribution in [-0.4, -0.2) is 49.4 Å². The summed E-state index contributed by atoms with van der Waals surface area (Å²) in [6, 6.07) is 10.1. The van der Waals surface area contributed by atoms with Gasteiger partial charge in [0.25, 0.3) is 0 Å². The maximum atomic E-state index is 12.0. The molecule has 0 N–H and O–H groups in total. The van der Waals surface area contributed by atoms with Gasteiger partial charge in [0.05, 0.1) is 37.6 Å². The zero-order valence-electron chi connectivity index (χ0n) is 22.8. The number of ether oxygens (including phenoxy) is 5. The predicted octanol–water partition coefficient (Wildman–Crippen LogP) is 5.62. The van der Waals surface area contributed by atoms with Crippen LogP contribution in [0.4, 0.5) is 0 Å². The van der Waals surface area contributed by atoms with Crippen molar-refractivity contribution in [2.45, 2.75) is 105 Å². The van der Waals surface area contributed by atoms with E-state index in [1.54, 1.807) is 0 Å². The molecule has 6 nitrogen and oxygen atoms in total. The lowest BCUT2D eigenvalue weighted by Crippen LogP contribution is -2.58. The highest BCUT2D eigenvalue weighted by atomic mass is 16.7. The van der Waals surface area contributed by atoms with Gasteiger partial charge in [0, 0.05) is 12.8 Å². The molecular formula is C29H46O6. The standard InChI is InChI=1S/C29H46O6/c1-9-24-27(21(7)20(6)26(33-24)17(2)3)35-29-28(32-22(8)30)19(5)18(4)25(34-29)16-31-15-23-13-11-10-12-14-23/h10-14,17-21,24-29H,9,15-16H2,1-8H3/t18-,19+,20?,21-,24?,25?,26+,27+,28?,29+/m1/s1. The van der Waals surface area contributed by atoms with Gasteiger partial charge >= 0.3 is 5.97 Å². The molecule has 1 aromatic rings. The van der Waals surface area contributed by atoms with Crippen molar-refractivity contribution in [3.8, 4) is 0 Å². The summed E-state index contributed by atoms with van der Waals surface area (Å²) < 4.78 is 31.5. The third-order valence-electron chi connectivity index (χ3n) is 8.12. The summed E-state index contributed by atoms with van der Waals surface area (Å²) in [4.78, 5) is 12.0. The van der Waals surface area contributed by atoms with E-state index in [0.29, 0.717) is 25.0 Å². The molecule has 0 aromatic heterocycles. The molecule has 0 bridgehead atoms. The second-order valence-corrected chi connectivity index (χ2v) is 10.9. The molecular weight excluding hydrogens is 444 g/mol. The minimum absolute atomic E-state index is 0.0300. The van der Waals surface area contributed by atoms with Gasteiger partial charge in [-0.2, -0.15) is 0 Å². The van der Waals surface area contributed by atoms with Crippen LogP contribution in [0.1, 0.15) is 67.4 Å². The number of rotatable bonds is 9. The predicted molar refractivity (Wildman–Crippen MR) is 136 cm³/mol. The van der Waals surface area contributed by atoms with Crippen LogP contribution in [0.3, 0.4) is 0 Å². The summed E-state index contributed by atoms with van der Waals surface area (Å²) in [5.41, 5.74) is 1.13. The van der Waals surface area contributed by atoms with Crippen molar-refractivity contribution in [3.63, 3.8) is 0 Å². The van der Waals surface area contributed by atoms with E-state index in [2.05, 4.69) is 60.6 Å². The van der Waals surface area contributed by atoms with E-state index in [0.717, 1.165) is 12.0 Å². The van der Waals surface area contributed by atoms with Crippen LogP contribution >= 0.6 is 0 Å². The van der Waals surface area contributed by atoms with E-state index >= 15 is 0 Å². The second-order valence-electron chi connectivity index (χ2n) is 10.9. The number of benzene rings is 1. The van der Waals surface area contributed by atoms with Gasteiger partial charge in [0.2, 0.25) is 0 Å². The van der Waals surface area contributed by atoms with Crippen LogP contribution in [0.25, 0.3) is 0 Å². The molecule has 2 fully saturated rings. The maximum Gasteiger partial charge on any atom is 0.303 e. The van der Waals surface area contributed by atoms with E-state index in [1.807, 2.05) is 18.2 Å². The first-order valence-corrected chi connectivity index (χ1v) is 13.4. The van der Waals surface area contributed by atoms with Crippen molar-refractivity contribution in [3.05, 3.63) is 35.9 Å². The first kappa shape index (κ1) is 28.1. The number of carbonyl (C=O) groups excluding carboxylic acids is 1. The van der Waals surface area contributed by atoms with E-state index in [-0.39, 0.29) is 48.1 Å². The molecule has 2 heterocycles. The van der Waals surface area contributed by atoms with E-state index < -0.39 is 12.4 Å². The smallest absolute Gasteiger partial charge is 0.303 e. The van der Waals surface area contributed by atoms with Crippen molar-refractivity contribution in [2.75, 3.05) is 6.61 Å². The van der Waals surface area contributed by atoms with Crippen molar-refractivity contribution in [1.82, 2.24) is 0 Å². The highest BCUT2D eigenvalue weighted by Crippen LogP contribution is 2.40. The lowest BCUT2D eigenvalue weighted by Gasteiger charge is -2.50. The van der Waals surface area contributed by atoms with Crippen molar-refractivity contribution < 1.29 is 28.5 Å². The maximum absolute atomic E-state index is 12.0. The zero-order chi connectivity index (χ0) is 25.7. The first-order chi connectivity index (χ1) is 16.6. The fourth-order valence-electron chi connectivity index (χ4n) is 5.58. The summed E-state index contributed by atoms with van der Waals surface area (Å²) in [6.07, 6.45) is -0.419. The van der Waals surface area contributed by atoms with Gasteiger partial charge in [-0.15, -0.1) is 0 Å². The minimum Gasteiger partial charge on any atom is -0.457 e. The van der Waals surface area contributed by atoms with Gasteiger partial charge < -0.3 is 23.7 Å². The molecule has 1 aromatic carbocycles. The molecule has 10 atom stereocenters. The highest BCUT2D eigenvalue weighted by Gasteiger charge is 2.49. The lowest BCUT2D eigenvalue weighted by atomic mass is 9.77. The van der Waals surface area contributed by atoms with Gasteiger partial charge in [-0.05, 0) is 35.7 Å². The van der Waals surface area contributed by atoms with Gasteiger partial charge in [0.1, 0.15) is 0 Å². The summed E-state index contributed by atoms with van der Waals surface area (Å²) in [5, 5.41) is 0. The Labute approximate surface area is 212 Å². The molecule has 198 valence electrons. The average molecular weight is 491 g/mol. The quantitative estimate of drug-likeness (QED) is 0.419. The Morgan fingerprint density at radius 3 is 2.17 bits per heavy atom. The Morgan fingerprint density at radius 2 is 1.57 bits per heavy atom. The fraction of sp³-hybridized carbons (Fsp3) is 0.759. The third-order valence-corrected chi connectivity index (χ3v) is 8.12. The largest absolute Gasteiger partial charge is 0.457 e. The zero-order valence-corrected chi connectivity index (χ0v) is 22.8. The molecule has 2 aliphatic rings. The molecule has 0 radical (unpaired) electrons. The third kappa shape index (κ3) is 6.85. The van der Waals surface area contributed by atoms with Crippen molar-refractivity contribution >= 4 is 5.97 Å². The van der Waals surface area contributed by atoms with Crippen molar-refractivity contribution in [1.29, 1.82) is 0 Å². The first-order valence-electron chi connectivity index (χ1n) is 13.4. The van der Waals surface area contributed by atoms with Crippen LogP contribution < -0.4 is 0 Å². The van der Waals surface area contributed by atoms with E-state index in [1.165, 1.54) is 6.92 Å². The van der Waals surface area contributed by atoms with Gasteiger partial charge in [0.15, 0.2) is 12.4 Å². The number of hydrogen-bond acceptors (Lipinski definition) is 6. The Morgan fingerprint density at radius 1 is 0.914 bits per heavy atom. The molecule has 3 rings (SSSR count). The molecule has 0 saturated carbocycles. The molecule has 2 aliphatic heterocycles. The van der Waals surface area contributed by atoms with Crippen LogP contribution in [0, 0.1) is 29.6 Å². The lowest BCUT2D eigenvalue weighted by molar-refractivity contribution is -0.320. The van der Waals surface area contributed by atoms with Gasteiger partial charge in [-0.3, -0.25) is 4.79 Å². The fourth-order valence-corrected chi connectivity index (χ4v) is 5.58. The molecule has 4 unspecified atom stereocenters. The van der Waals surface area contributed by atoms with E-state index in [4.69, 9.17) is 23.7 Å². The van der Waals surface area contributed by atoms with Gasteiger partial charge in [-0.25, -0.2) is 0 Å². The van der Waals surface area contributed by atoms with E-state index in [9.17, 15) is 4.79 Å². The second kappa shape index (κ2) is 12.7. The summed E-state index contributed by atoms with van der Waals surface area (Å²) in [5.74, 6) is 0.947. The number of hydrogen-bond donors (Lipinski definition) is 0. The molecule has 0 amide bonds. The van der Waals surface area contributed by atoms with Crippen LogP contribution in [-0.2, 0) is 35.1 Å². The van der Waals surface area contributed by atoms with Crippen LogP contribution in [0.5, 0.6) is 0 Å². The van der Waals surface area contributed by atoms with Crippen LogP contribution in [0.2, 0.25) is 0 Å². The number of esters is 1. The van der Waals surface area contributed by atoms with Gasteiger partial charge in [-0.1, -0.05) is 78.8 Å². The minimum atomic E-state index is -0.664. The number of carbonyl (C=O) groups is 1. The summed E-state index contributed by atoms with van der Waals surface area (Å²) >= 11 is 0. The average Bonchev–Trinajstić information content (AvgIpc) is 2.82. The molecule has 35 heavy (non-hydrogen) atoms. The molecule has 2 saturated heterocycles. The Hall–Kier alpha value is -1.47. The molecule has 0 aliphatic carbocycles. The summed E-state index contributed by atoms with van der Waals surface area (Å²) in [6.45, 7) is 17.7. The van der Waals surface area contributed by atoms with Crippen LogP contribution in [0.15, 0.2) is 30.3 Å². The Kier molecular flexibility index (Phi) is 10.2. The normalized spacial score (nSPS) is 37.9. The van der Waals surface area contributed by atoms with Crippen molar-refractivity contribution in [2.24, 2.45) is 29.6 Å². The molecule has 6 heteroatoms. The summed E-state index contributed by atoms with van der Waals surface area (Å²) in [7, 11) is 0. The Bertz CT molecular complexity index is 781. The topological polar surface area (TPSA) is 63.2 Å². The molecule has 0 spiro atoms. The monoisotopic (exact) mass is 490 g/mol. The highest BCUT2D eigenvalue weighted by molar-refractivity contribution is 5.66. The SMILES string of the molecule is CCC1O[C@@H](C(C)C)C(C)[C@@H](C)[C@@H]1O[C@@H]1OC(COCc2ccccc2)[C@H](C)[C@H](C)C1OC(C)=O. The Balaban J connectivity index is 1.74.